The van der Waals surface area contributed by atoms with E-state index in [2.05, 4.69) is 10.6 Å². The van der Waals surface area contributed by atoms with Gasteiger partial charge < -0.3 is 24.7 Å². The number of para-hydroxylation sites is 1. The third kappa shape index (κ3) is 4.27. The van der Waals surface area contributed by atoms with Crippen LogP contribution in [-0.4, -0.2) is 34.6 Å². The van der Waals surface area contributed by atoms with E-state index in [1.165, 1.54) is 12.3 Å². The standard InChI is InChI=1S/C20H21N3O4/c1-23-13-14(15-6-2-3-7-17(15)23)12-16(19(25)21-9-5-10-24)22-20(26)18-8-4-11-27-18/h2-4,6-8,11-13,24H,5,9-10H2,1H3,(H,21,25)(H,22,26). The number of carbonyl (C=O) groups excluding carboxylic acids is 2. The van der Waals surface area contributed by atoms with Crippen LogP contribution in [0.1, 0.15) is 22.5 Å². The molecule has 3 N–H and O–H groups in total. The molecule has 0 aliphatic carbocycles. The lowest BCUT2D eigenvalue weighted by molar-refractivity contribution is -0.117. The van der Waals surface area contributed by atoms with Gasteiger partial charge in [0.1, 0.15) is 5.70 Å². The van der Waals surface area contributed by atoms with Gasteiger partial charge in [0.2, 0.25) is 0 Å². The Morgan fingerprint density at radius 1 is 1.22 bits per heavy atom. The molecule has 0 radical (unpaired) electrons. The first-order valence-electron chi connectivity index (χ1n) is 8.60. The predicted molar refractivity (Wildman–Crippen MR) is 102 cm³/mol. The number of furan rings is 1. The maximum Gasteiger partial charge on any atom is 0.291 e. The average Bonchev–Trinajstić information content (AvgIpc) is 3.31. The maximum atomic E-state index is 12.6. The Labute approximate surface area is 156 Å². The number of aliphatic hydroxyl groups is 1. The molecule has 3 rings (SSSR count). The lowest BCUT2D eigenvalue weighted by atomic mass is 10.1. The fourth-order valence-electron chi connectivity index (χ4n) is 2.77. The summed E-state index contributed by atoms with van der Waals surface area (Å²) >= 11 is 0. The summed E-state index contributed by atoms with van der Waals surface area (Å²) in [5.41, 5.74) is 1.92. The van der Waals surface area contributed by atoms with Crippen molar-refractivity contribution in [3.05, 3.63) is 65.9 Å². The molecule has 7 heteroatoms. The Balaban J connectivity index is 1.93. The quantitative estimate of drug-likeness (QED) is 0.440. The van der Waals surface area contributed by atoms with Crippen molar-refractivity contribution in [2.45, 2.75) is 6.42 Å². The third-order valence-electron chi connectivity index (χ3n) is 4.09. The Bertz CT molecular complexity index is 970. The number of benzene rings is 1. The number of aliphatic hydroxyl groups excluding tert-OH is 1. The zero-order chi connectivity index (χ0) is 19.2. The predicted octanol–water partition coefficient (Wildman–Crippen LogP) is 2.04. The number of hydrogen-bond donors (Lipinski definition) is 3. The van der Waals surface area contributed by atoms with Crippen molar-refractivity contribution < 1.29 is 19.1 Å². The van der Waals surface area contributed by atoms with E-state index in [0.29, 0.717) is 13.0 Å². The molecule has 27 heavy (non-hydrogen) atoms. The molecule has 0 fully saturated rings. The summed E-state index contributed by atoms with van der Waals surface area (Å²) in [6.45, 7) is 0.278. The van der Waals surface area contributed by atoms with Crippen LogP contribution in [-0.2, 0) is 11.8 Å². The molecule has 0 bridgehead atoms. The fourth-order valence-corrected chi connectivity index (χ4v) is 2.77. The van der Waals surface area contributed by atoms with Gasteiger partial charge in [-0.15, -0.1) is 0 Å². The molecule has 7 nitrogen and oxygen atoms in total. The first-order valence-corrected chi connectivity index (χ1v) is 8.60. The van der Waals surface area contributed by atoms with Crippen LogP contribution in [0.3, 0.4) is 0 Å². The number of amides is 2. The van der Waals surface area contributed by atoms with Crippen LogP contribution >= 0.6 is 0 Å². The highest BCUT2D eigenvalue weighted by Gasteiger charge is 2.17. The molecule has 2 amide bonds. The van der Waals surface area contributed by atoms with E-state index in [-0.39, 0.29) is 18.1 Å². The molecule has 0 aliphatic heterocycles. The van der Waals surface area contributed by atoms with Gasteiger partial charge in [-0.05, 0) is 30.7 Å². The monoisotopic (exact) mass is 367 g/mol. The third-order valence-corrected chi connectivity index (χ3v) is 4.09. The maximum absolute atomic E-state index is 12.6. The molecular formula is C20H21N3O4. The number of aromatic nitrogens is 1. The summed E-state index contributed by atoms with van der Waals surface area (Å²) < 4.78 is 7.05. The van der Waals surface area contributed by atoms with Gasteiger partial charge in [0.05, 0.1) is 6.26 Å². The second-order valence-electron chi connectivity index (χ2n) is 6.03. The summed E-state index contributed by atoms with van der Waals surface area (Å²) in [5, 5.41) is 15.2. The van der Waals surface area contributed by atoms with Crippen molar-refractivity contribution in [3.8, 4) is 0 Å². The van der Waals surface area contributed by atoms with Crippen molar-refractivity contribution >= 4 is 28.8 Å². The molecular weight excluding hydrogens is 346 g/mol. The number of rotatable bonds is 7. The van der Waals surface area contributed by atoms with Gasteiger partial charge in [-0.1, -0.05) is 18.2 Å². The lowest BCUT2D eigenvalue weighted by Crippen LogP contribution is -2.35. The van der Waals surface area contributed by atoms with Crippen LogP contribution in [0.5, 0.6) is 0 Å². The van der Waals surface area contributed by atoms with Crippen LogP contribution < -0.4 is 10.6 Å². The molecule has 0 atom stereocenters. The Kier molecular flexibility index (Phi) is 5.73. The van der Waals surface area contributed by atoms with Crippen LogP contribution in [0, 0.1) is 0 Å². The van der Waals surface area contributed by atoms with Crippen molar-refractivity contribution in [1.29, 1.82) is 0 Å². The Morgan fingerprint density at radius 2 is 2.04 bits per heavy atom. The topological polar surface area (TPSA) is 96.5 Å². The smallest absolute Gasteiger partial charge is 0.291 e. The Hall–Kier alpha value is -3.32. The van der Waals surface area contributed by atoms with Gasteiger partial charge in [-0.2, -0.15) is 0 Å². The lowest BCUT2D eigenvalue weighted by Gasteiger charge is -2.09. The van der Waals surface area contributed by atoms with Crippen molar-refractivity contribution in [2.24, 2.45) is 7.05 Å². The second-order valence-corrected chi connectivity index (χ2v) is 6.03. The van der Waals surface area contributed by atoms with Gasteiger partial charge in [0.15, 0.2) is 5.76 Å². The van der Waals surface area contributed by atoms with Crippen molar-refractivity contribution in [1.82, 2.24) is 15.2 Å². The normalized spacial score (nSPS) is 11.6. The van der Waals surface area contributed by atoms with Gasteiger partial charge in [0, 0.05) is 42.9 Å². The molecule has 1 aromatic carbocycles. The minimum Gasteiger partial charge on any atom is -0.459 e. The first-order chi connectivity index (χ1) is 13.1. The molecule has 0 aliphatic rings. The number of nitrogens with zero attached hydrogens (tertiary/aromatic N) is 1. The van der Waals surface area contributed by atoms with Gasteiger partial charge >= 0.3 is 0 Å². The SMILES string of the molecule is Cn1cc(C=C(NC(=O)c2ccco2)C(=O)NCCCO)c2ccccc21. The fraction of sp³-hybridized carbons (Fsp3) is 0.200. The second kappa shape index (κ2) is 8.37. The number of aryl methyl sites for hydroxylation is 1. The molecule has 0 saturated heterocycles. The summed E-state index contributed by atoms with van der Waals surface area (Å²) in [6.07, 6.45) is 5.35. The zero-order valence-corrected chi connectivity index (χ0v) is 14.9. The van der Waals surface area contributed by atoms with E-state index in [1.807, 2.05) is 42.1 Å². The van der Waals surface area contributed by atoms with Gasteiger partial charge in [0.25, 0.3) is 11.8 Å². The van der Waals surface area contributed by atoms with E-state index >= 15 is 0 Å². The molecule has 3 aromatic rings. The van der Waals surface area contributed by atoms with Crippen molar-refractivity contribution in [3.63, 3.8) is 0 Å². The van der Waals surface area contributed by atoms with E-state index in [4.69, 9.17) is 9.52 Å². The van der Waals surface area contributed by atoms with Crippen molar-refractivity contribution in [2.75, 3.05) is 13.2 Å². The highest BCUT2D eigenvalue weighted by atomic mass is 16.3. The molecule has 140 valence electrons. The minimum absolute atomic E-state index is 0.0264. The van der Waals surface area contributed by atoms with Crippen LogP contribution in [0.2, 0.25) is 0 Å². The number of carbonyl (C=O) groups is 2. The first kappa shape index (κ1) is 18.5. The Morgan fingerprint density at radius 3 is 2.78 bits per heavy atom. The number of nitrogens with one attached hydrogen (secondary N) is 2. The summed E-state index contributed by atoms with van der Waals surface area (Å²) in [6, 6.07) is 10.9. The van der Waals surface area contributed by atoms with Crippen LogP contribution in [0.4, 0.5) is 0 Å². The minimum atomic E-state index is -0.510. The molecule has 0 saturated carbocycles. The largest absolute Gasteiger partial charge is 0.459 e. The summed E-state index contributed by atoms with van der Waals surface area (Å²) in [5.74, 6) is -0.831. The van der Waals surface area contributed by atoms with Gasteiger partial charge in [-0.3, -0.25) is 9.59 Å². The number of hydrogen-bond acceptors (Lipinski definition) is 4. The highest BCUT2D eigenvalue weighted by molar-refractivity contribution is 6.05. The highest BCUT2D eigenvalue weighted by Crippen LogP contribution is 2.22. The van der Waals surface area contributed by atoms with E-state index in [0.717, 1.165) is 16.5 Å². The molecule has 0 unspecified atom stereocenters. The van der Waals surface area contributed by atoms with Gasteiger partial charge in [-0.25, -0.2) is 0 Å². The number of fused-ring (bicyclic) bond motifs is 1. The van der Waals surface area contributed by atoms with E-state index in [9.17, 15) is 9.59 Å². The summed E-state index contributed by atoms with van der Waals surface area (Å²) in [7, 11) is 1.92. The average molecular weight is 367 g/mol. The summed E-state index contributed by atoms with van der Waals surface area (Å²) in [4.78, 5) is 24.9. The zero-order valence-electron chi connectivity index (χ0n) is 14.9. The van der Waals surface area contributed by atoms with E-state index < -0.39 is 11.8 Å². The van der Waals surface area contributed by atoms with Crippen LogP contribution in [0.25, 0.3) is 17.0 Å². The van der Waals surface area contributed by atoms with Crippen LogP contribution in [0.15, 0.2) is 59.0 Å². The molecule has 2 heterocycles. The molecule has 2 aromatic heterocycles. The molecule has 0 spiro atoms. The van der Waals surface area contributed by atoms with E-state index in [1.54, 1.807) is 12.1 Å².